The number of rotatable bonds is 4. The van der Waals surface area contributed by atoms with E-state index in [4.69, 9.17) is 4.42 Å². The van der Waals surface area contributed by atoms with Crippen LogP contribution in [0.4, 0.5) is 0 Å². The molecule has 0 unspecified atom stereocenters. The van der Waals surface area contributed by atoms with Gasteiger partial charge in [-0.15, -0.1) is 0 Å². The minimum atomic E-state index is -3.49. The van der Waals surface area contributed by atoms with Crippen LogP contribution in [0.1, 0.15) is 22.3 Å². The number of nitrogens with zero attached hydrogens (tertiary/aromatic N) is 3. The standard InChI is InChI=1S/C23H17N3O4S/c1-31(28,29)23-25-12-16(13-26-23)21-11-18(22(30-21)19-4-2-3-9-24-19)15-5-7-17-14(10-15)6-8-20(17)27/h2-5,7,9-13H,6,8H2,1H3. The van der Waals surface area contributed by atoms with Gasteiger partial charge in [-0.3, -0.25) is 9.78 Å². The Kier molecular flexibility index (Phi) is 4.51. The second kappa shape index (κ2) is 7.24. The molecule has 0 saturated carbocycles. The van der Waals surface area contributed by atoms with Gasteiger partial charge in [-0.1, -0.05) is 24.3 Å². The molecule has 0 amide bonds. The molecule has 1 aromatic carbocycles. The number of benzene rings is 1. The van der Waals surface area contributed by atoms with Crippen molar-refractivity contribution in [2.45, 2.75) is 18.0 Å². The molecule has 0 bridgehead atoms. The first-order valence-corrected chi connectivity index (χ1v) is 11.5. The van der Waals surface area contributed by atoms with E-state index in [0.717, 1.165) is 34.9 Å². The summed E-state index contributed by atoms with van der Waals surface area (Å²) < 4.78 is 29.4. The van der Waals surface area contributed by atoms with Gasteiger partial charge >= 0.3 is 0 Å². The van der Waals surface area contributed by atoms with Crippen molar-refractivity contribution >= 4 is 15.6 Å². The largest absolute Gasteiger partial charge is 0.454 e. The Morgan fingerprint density at radius 2 is 1.71 bits per heavy atom. The van der Waals surface area contributed by atoms with Crippen molar-refractivity contribution < 1.29 is 17.6 Å². The molecule has 4 aromatic rings. The first kappa shape index (κ1) is 19.3. The van der Waals surface area contributed by atoms with Gasteiger partial charge in [0.05, 0.1) is 5.56 Å². The summed E-state index contributed by atoms with van der Waals surface area (Å²) in [6.45, 7) is 0. The fraction of sp³-hybridized carbons (Fsp3) is 0.130. The Morgan fingerprint density at radius 3 is 2.42 bits per heavy atom. The maximum Gasteiger partial charge on any atom is 0.246 e. The van der Waals surface area contributed by atoms with Crippen LogP contribution in [0, 0.1) is 0 Å². The predicted octanol–water partition coefficient (Wildman–Crippen LogP) is 4.00. The lowest BCUT2D eigenvalue weighted by atomic mass is 9.99. The first-order valence-electron chi connectivity index (χ1n) is 9.64. The highest BCUT2D eigenvalue weighted by atomic mass is 32.2. The summed E-state index contributed by atoms with van der Waals surface area (Å²) in [6, 6.07) is 13.2. The molecular formula is C23H17N3O4S. The molecule has 0 N–H and O–H groups in total. The van der Waals surface area contributed by atoms with Crippen LogP contribution in [0.15, 0.2) is 70.6 Å². The van der Waals surface area contributed by atoms with E-state index in [0.29, 0.717) is 29.2 Å². The summed E-state index contributed by atoms with van der Waals surface area (Å²) in [4.78, 5) is 24.3. The maximum atomic E-state index is 12.0. The van der Waals surface area contributed by atoms with Gasteiger partial charge in [0.25, 0.3) is 0 Å². The molecule has 0 fully saturated rings. The summed E-state index contributed by atoms with van der Waals surface area (Å²) in [5.41, 5.74) is 4.75. The van der Waals surface area contributed by atoms with Crippen molar-refractivity contribution in [1.82, 2.24) is 15.0 Å². The molecule has 3 aromatic heterocycles. The van der Waals surface area contributed by atoms with Crippen LogP contribution in [0.5, 0.6) is 0 Å². The minimum absolute atomic E-state index is 0.169. The van der Waals surface area contributed by atoms with E-state index in [1.54, 1.807) is 6.20 Å². The number of aryl methyl sites for hydroxylation is 1. The first-order chi connectivity index (χ1) is 14.9. The van der Waals surface area contributed by atoms with Crippen molar-refractivity contribution in [3.63, 3.8) is 0 Å². The van der Waals surface area contributed by atoms with Gasteiger partial charge in [0.1, 0.15) is 11.5 Å². The topological polar surface area (TPSA) is 103 Å². The Bertz CT molecular complexity index is 1410. The number of hydrogen-bond acceptors (Lipinski definition) is 7. The minimum Gasteiger partial charge on any atom is -0.454 e. The lowest BCUT2D eigenvalue weighted by Crippen LogP contribution is -2.03. The molecular weight excluding hydrogens is 414 g/mol. The number of carbonyl (C=O) groups is 1. The Hall–Kier alpha value is -3.65. The fourth-order valence-electron chi connectivity index (χ4n) is 3.69. The highest BCUT2D eigenvalue weighted by Gasteiger charge is 2.23. The molecule has 3 heterocycles. The third-order valence-electron chi connectivity index (χ3n) is 5.21. The maximum absolute atomic E-state index is 12.0. The zero-order chi connectivity index (χ0) is 21.6. The molecule has 0 radical (unpaired) electrons. The Balaban J connectivity index is 1.64. The van der Waals surface area contributed by atoms with Gasteiger partial charge in [-0.25, -0.2) is 18.4 Å². The van der Waals surface area contributed by atoms with Gasteiger partial charge < -0.3 is 4.42 Å². The summed E-state index contributed by atoms with van der Waals surface area (Å²) in [6.07, 6.45) is 6.86. The highest BCUT2D eigenvalue weighted by Crippen LogP contribution is 2.39. The smallest absolute Gasteiger partial charge is 0.246 e. The van der Waals surface area contributed by atoms with Crippen molar-refractivity contribution in [2.75, 3.05) is 6.26 Å². The third kappa shape index (κ3) is 3.55. The molecule has 0 spiro atoms. The van der Waals surface area contributed by atoms with E-state index in [2.05, 4.69) is 15.0 Å². The number of hydrogen-bond donors (Lipinski definition) is 0. The van der Waals surface area contributed by atoms with Crippen molar-refractivity contribution in [2.24, 2.45) is 0 Å². The summed E-state index contributed by atoms with van der Waals surface area (Å²) in [5.74, 6) is 1.24. The molecule has 0 aliphatic heterocycles. The van der Waals surface area contributed by atoms with E-state index in [1.165, 1.54) is 12.4 Å². The highest BCUT2D eigenvalue weighted by molar-refractivity contribution is 7.90. The zero-order valence-corrected chi connectivity index (χ0v) is 17.4. The third-order valence-corrected chi connectivity index (χ3v) is 6.09. The van der Waals surface area contributed by atoms with E-state index >= 15 is 0 Å². The normalized spacial score (nSPS) is 13.4. The van der Waals surface area contributed by atoms with E-state index in [-0.39, 0.29) is 10.9 Å². The Morgan fingerprint density at radius 1 is 0.903 bits per heavy atom. The van der Waals surface area contributed by atoms with Gasteiger partial charge in [0.15, 0.2) is 11.5 Å². The number of carbonyl (C=O) groups excluding carboxylic acids is 1. The van der Waals surface area contributed by atoms with Gasteiger partial charge in [0.2, 0.25) is 15.0 Å². The summed E-state index contributed by atoms with van der Waals surface area (Å²) in [5, 5.41) is -0.240. The number of furan rings is 1. The monoisotopic (exact) mass is 431 g/mol. The van der Waals surface area contributed by atoms with Crippen LogP contribution < -0.4 is 0 Å². The molecule has 0 saturated heterocycles. The number of sulfone groups is 1. The molecule has 1 aliphatic carbocycles. The van der Waals surface area contributed by atoms with Crippen LogP contribution in [0.2, 0.25) is 0 Å². The van der Waals surface area contributed by atoms with E-state index in [9.17, 15) is 13.2 Å². The summed E-state index contributed by atoms with van der Waals surface area (Å²) >= 11 is 0. The van der Waals surface area contributed by atoms with Crippen LogP contribution in [-0.2, 0) is 16.3 Å². The second-order valence-corrected chi connectivity index (χ2v) is 9.30. The lowest BCUT2D eigenvalue weighted by Gasteiger charge is -2.05. The number of fused-ring (bicyclic) bond motifs is 1. The van der Waals surface area contributed by atoms with Gasteiger partial charge in [-0.2, -0.15) is 0 Å². The summed E-state index contributed by atoms with van der Waals surface area (Å²) in [7, 11) is -3.49. The molecule has 7 nitrogen and oxygen atoms in total. The molecule has 5 rings (SSSR count). The van der Waals surface area contributed by atoms with Gasteiger partial charge in [0, 0.05) is 42.4 Å². The molecule has 154 valence electrons. The van der Waals surface area contributed by atoms with Crippen LogP contribution in [0.25, 0.3) is 33.9 Å². The number of ketones is 1. The van der Waals surface area contributed by atoms with Crippen molar-refractivity contribution in [1.29, 1.82) is 0 Å². The van der Waals surface area contributed by atoms with Crippen molar-refractivity contribution in [3.05, 3.63) is 72.2 Å². The SMILES string of the molecule is CS(=O)(=O)c1ncc(-c2cc(-c3ccc4c(c3)CCC4=O)c(-c3ccccn3)o2)cn1. The number of pyridine rings is 1. The Labute approximate surface area is 178 Å². The fourth-order valence-corrected chi connectivity index (χ4v) is 4.18. The second-order valence-electron chi connectivity index (χ2n) is 7.39. The average molecular weight is 431 g/mol. The molecule has 0 atom stereocenters. The number of aromatic nitrogens is 3. The average Bonchev–Trinajstić information content (AvgIpc) is 3.38. The quantitative estimate of drug-likeness (QED) is 0.450. The zero-order valence-electron chi connectivity index (χ0n) is 16.6. The lowest BCUT2D eigenvalue weighted by molar-refractivity contribution is 0.0994. The number of Topliss-reactive ketones (excluding diaryl/α,β-unsaturated/α-hetero) is 1. The van der Waals surface area contributed by atoms with E-state index in [1.807, 2.05) is 42.5 Å². The molecule has 31 heavy (non-hydrogen) atoms. The molecule has 8 heteroatoms. The van der Waals surface area contributed by atoms with Crippen molar-refractivity contribution in [3.8, 4) is 33.9 Å². The van der Waals surface area contributed by atoms with Crippen LogP contribution in [-0.4, -0.2) is 35.4 Å². The van der Waals surface area contributed by atoms with Gasteiger partial charge in [-0.05, 0) is 35.7 Å². The van der Waals surface area contributed by atoms with E-state index < -0.39 is 9.84 Å². The van der Waals surface area contributed by atoms with Crippen LogP contribution in [0.3, 0.4) is 0 Å². The molecule has 1 aliphatic rings. The predicted molar refractivity (Wildman–Crippen MR) is 114 cm³/mol. The van der Waals surface area contributed by atoms with Crippen LogP contribution >= 0.6 is 0 Å².